The van der Waals surface area contributed by atoms with E-state index in [-0.39, 0.29) is 5.91 Å². The summed E-state index contributed by atoms with van der Waals surface area (Å²) in [6, 6.07) is 2.03. The Labute approximate surface area is 141 Å². The van der Waals surface area contributed by atoms with Crippen LogP contribution in [0.5, 0.6) is 0 Å². The maximum Gasteiger partial charge on any atom is 0.269 e. The second-order valence-corrected chi connectivity index (χ2v) is 6.55. The molecule has 1 rings (SSSR count). The van der Waals surface area contributed by atoms with E-state index in [1.54, 1.807) is 12.3 Å². The van der Waals surface area contributed by atoms with E-state index in [1.165, 1.54) is 64.2 Å². The number of aromatic nitrogens is 2. The molecule has 4 heteroatoms. The molecule has 2 N–H and O–H groups in total. The van der Waals surface area contributed by atoms with E-state index < -0.39 is 0 Å². The summed E-state index contributed by atoms with van der Waals surface area (Å²) in [7, 11) is 0. The van der Waals surface area contributed by atoms with Crippen LogP contribution < -0.4 is 5.32 Å². The fourth-order valence-corrected chi connectivity index (χ4v) is 2.92. The molecule has 1 aromatic heterocycles. The number of H-pyrrole nitrogens is 1. The zero-order valence-corrected chi connectivity index (χ0v) is 15.1. The van der Waals surface area contributed by atoms with Crippen LogP contribution in [0.15, 0.2) is 12.3 Å². The van der Waals surface area contributed by atoms with Gasteiger partial charge in [-0.2, -0.15) is 5.10 Å². The number of carbonyl (C=O) groups is 1. The molecule has 23 heavy (non-hydrogen) atoms. The average molecular weight is 322 g/mol. The van der Waals surface area contributed by atoms with Gasteiger partial charge in [-0.25, -0.2) is 0 Å². The summed E-state index contributed by atoms with van der Waals surface area (Å²) in [5, 5.41) is 9.77. The van der Waals surface area contributed by atoms with Crippen molar-refractivity contribution in [1.29, 1.82) is 0 Å². The van der Waals surface area contributed by atoms with E-state index >= 15 is 0 Å². The van der Waals surface area contributed by atoms with Crippen LogP contribution in [-0.2, 0) is 0 Å². The van der Waals surface area contributed by atoms with Crippen molar-refractivity contribution in [3.05, 3.63) is 18.0 Å². The lowest BCUT2D eigenvalue weighted by Gasteiger charge is -2.18. The van der Waals surface area contributed by atoms with Gasteiger partial charge in [0.25, 0.3) is 5.91 Å². The van der Waals surface area contributed by atoms with Gasteiger partial charge in [0.1, 0.15) is 5.69 Å². The zero-order valence-electron chi connectivity index (χ0n) is 15.1. The molecule has 0 spiro atoms. The Hall–Kier alpha value is -1.32. The van der Waals surface area contributed by atoms with Crippen molar-refractivity contribution >= 4 is 5.91 Å². The molecule has 1 heterocycles. The minimum absolute atomic E-state index is 0.0213. The molecule has 1 unspecified atom stereocenters. The molecule has 0 aliphatic heterocycles. The number of nitrogens with zero attached hydrogens (tertiary/aromatic N) is 1. The van der Waals surface area contributed by atoms with Crippen LogP contribution in [0.25, 0.3) is 0 Å². The summed E-state index contributed by atoms with van der Waals surface area (Å²) in [5.41, 5.74) is 0.560. The van der Waals surface area contributed by atoms with Gasteiger partial charge in [-0.1, -0.05) is 78.1 Å². The molecule has 0 saturated carbocycles. The third kappa shape index (κ3) is 9.42. The summed E-state index contributed by atoms with van der Waals surface area (Å²) in [6.07, 6.45) is 16.7. The van der Waals surface area contributed by atoms with Crippen molar-refractivity contribution in [2.75, 3.05) is 0 Å². The first-order valence-electron chi connectivity index (χ1n) is 9.58. The number of rotatable bonds is 14. The minimum Gasteiger partial charge on any atom is -0.348 e. The highest BCUT2D eigenvalue weighted by Gasteiger charge is 2.14. The fourth-order valence-electron chi connectivity index (χ4n) is 2.92. The van der Waals surface area contributed by atoms with Crippen molar-refractivity contribution in [3.8, 4) is 0 Å². The topological polar surface area (TPSA) is 57.8 Å². The Bertz CT molecular complexity index is 389. The summed E-state index contributed by atoms with van der Waals surface area (Å²) >= 11 is 0. The Balaban J connectivity index is 2.26. The van der Waals surface area contributed by atoms with Crippen LogP contribution in [0.1, 0.15) is 101 Å². The molecule has 0 bridgehead atoms. The maximum atomic E-state index is 12.2. The standard InChI is InChI=1S/C19H35N3O/c1-3-5-7-8-9-10-12-14-17(13-11-6-4-2)21-19(23)18-15-16-20-22-18/h15-17H,3-14H2,1-2H3,(H,20,22)(H,21,23). The Morgan fingerprint density at radius 2 is 1.57 bits per heavy atom. The fraction of sp³-hybridized carbons (Fsp3) is 0.789. The number of hydrogen-bond donors (Lipinski definition) is 2. The van der Waals surface area contributed by atoms with Crippen LogP contribution in [0, 0.1) is 0 Å². The number of aromatic amines is 1. The van der Waals surface area contributed by atoms with Gasteiger partial charge >= 0.3 is 0 Å². The van der Waals surface area contributed by atoms with E-state index in [1.807, 2.05) is 0 Å². The molecule has 1 aromatic rings. The highest BCUT2D eigenvalue weighted by atomic mass is 16.2. The van der Waals surface area contributed by atoms with E-state index in [4.69, 9.17) is 0 Å². The number of carbonyl (C=O) groups excluding carboxylic acids is 1. The van der Waals surface area contributed by atoms with Crippen molar-refractivity contribution < 1.29 is 4.79 Å². The minimum atomic E-state index is -0.0213. The Kier molecular flexibility index (Phi) is 11.3. The van der Waals surface area contributed by atoms with Gasteiger partial charge in [0, 0.05) is 12.2 Å². The molecule has 0 fully saturated rings. The second kappa shape index (κ2) is 13.1. The monoisotopic (exact) mass is 321 g/mol. The van der Waals surface area contributed by atoms with Crippen LogP contribution in [0.2, 0.25) is 0 Å². The lowest BCUT2D eigenvalue weighted by molar-refractivity contribution is 0.0926. The van der Waals surface area contributed by atoms with Crippen molar-refractivity contribution in [2.45, 2.75) is 96.9 Å². The Morgan fingerprint density at radius 3 is 2.17 bits per heavy atom. The normalized spacial score (nSPS) is 12.3. The van der Waals surface area contributed by atoms with Crippen LogP contribution in [0.3, 0.4) is 0 Å². The molecule has 0 saturated heterocycles. The van der Waals surface area contributed by atoms with Gasteiger partial charge in [-0.05, 0) is 18.9 Å². The molecule has 4 nitrogen and oxygen atoms in total. The van der Waals surface area contributed by atoms with Gasteiger partial charge in [0.2, 0.25) is 0 Å². The smallest absolute Gasteiger partial charge is 0.269 e. The first kappa shape index (κ1) is 19.7. The second-order valence-electron chi connectivity index (χ2n) is 6.55. The van der Waals surface area contributed by atoms with E-state index in [0.29, 0.717) is 11.7 Å². The highest BCUT2D eigenvalue weighted by Crippen LogP contribution is 2.14. The van der Waals surface area contributed by atoms with Gasteiger partial charge in [-0.3, -0.25) is 9.89 Å². The summed E-state index contributed by atoms with van der Waals surface area (Å²) in [6.45, 7) is 4.47. The molecule has 1 atom stereocenters. The highest BCUT2D eigenvalue weighted by molar-refractivity contribution is 5.92. The molecular weight excluding hydrogens is 286 g/mol. The number of hydrogen-bond acceptors (Lipinski definition) is 2. The third-order valence-electron chi connectivity index (χ3n) is 4.39. The van der Waals surface area contributed by atoms with Gasteiger partial charge < -0.3 is 5.32 Å². The largest absolute Gasteiger partial charge is 0.348 e. The van der Waals surface area contributed by atoms with Crippen LogP contribution in [-0.4, -0.2) is 22.1 Å². The first-order valence-corrected chi connectivity index (χ1v) is 9.58. The van der Waals surface area contributed by atoms with E-state index in [2.05, 4.69) is 29.4 Å². The third-order valence-corrected chi connectivity index (χ3v) is 4.39. The SMILES string of the molecule is CCCCCCCCCC(CCCCC)NC(=O)c1ccn[nH]1. The molecule has 132 valence electrons. The lowest BCUT2D eigenvalue weighted by atomic mass is 10.0. The maximum absolute atomic E-state index is 12.2. The first-order chi connectivity index (χ1) is 11.3. The van der Waals surface area contributed by atoms with Crippen molar-refractivity contribution in [1.82, 2.24) is 15.5 Å². The molecule has 0 aromatic carbocycles. The van der Waals surface area contributed by atoms with Crippen molar-refractivity contribution in [2.24, 2.45) is 0 Å². The van der Waals surface area contributed by atoms with Gasteiger partial charge in [0.05, 0.1) is 0 Å². The molecule has 0 aliphatic rings. The number of nitrogens with one attached hydrogen (secondary N) is 2. The average Bonchev–Trinajstić information content (AvgIpc) is 3.08. The van der Waals surface area contributed by atoms with Gasteiger partial charge in [0.15, 0.2) is 0 Å². The van der Waals surface area contributed by atoms with Gasteiger partial charge in [-0.15, -0.1) is 0 Å². The predicted molar refractivity (Wildman–Crippen MR) is 96.6 cm³/mol. The Morgan fingerprint density at radius 1 is 1.00 bits per heavy atom. The zero-order chi connectivity index (χ0) is 16.8. The molecular formula is C19H35N3O. The van der Waals surface area contributed by atoms with Crippen LogP contribution in [0.4, 0.5) is 0 Å². The quantitative estimate of drug-likeness (QED) is 0.461. The van der Waals surface area contributed by atoms with E-state index in [9.17, 15) is 4.79 Å². The summed E-state index contributed by atoms with van der Waals surface area (Å²) < 4.78 is 0. The molecule has 1 amide bonds. The lowest BCUT2D eigenvalue weighted by Crippen LogP contribution is -2.35. The summed E-state index contributed by atoms with van der Waals surface area (Å²) in [5.74, 6) is -0.0213. The van der Waals surface area contributed by atoms with E-state index in [0.717, 1.165) is 12.8 Å². The molecule has 0 aliphatic carbocycles. The predicted octanol–water partition coefficient (Wildman–Crippen LogP) is 5.23. The number of amides is 1. The summed E-state index contributed by atoms with van der Waals surface area (Å²) in [4.78, 5) is 12.2. The van der Waals surface area contributed by atoms with Crippen LogP contribution >= 0.6 is 0 Å². The number of unbranched alkanes of at least 4 members (excludes halogenated alkanes) is 8. The van der Waals surface area contributed by atoms with Crippen molar-refractivity contribution in [3.63, 3.8) is 0 Å². The molecule has 0 radical (unpaired) electrons.